The molecule has 0 aliphatic carbocycles. The van der Waals surface area contributed by atoms with Crippen molar-refractivity contribution in [3.05, 3.63) is 70.8 Å². The molecule has 0 spiro atoms. The zero-order chi connectivity index (χ0) is 19.3. The van der Waals surface area contributed by atoms with Crippen molar-refractivity contribution in [2.24, 2.45) is 5.92 Å². The van der Waals surface area contributed by atoms with Crippen molar-refractivity contribution in [3.8, 4) is 0 Å². The predicted molar refractivity (Wildman–Crippen MR) is 114 cm³/mol. The third kappa shape index (κ3) is 4.89. The normalized spacial score (nSPS) is 20.2. The summed E-state index contributed by atoms with van der Waals surface area (Å²) >= 11 is 0. The Hall–Kier alpha value is -1.97. The lowest BCUT2D eigenvalue weighted by Gasteiger charge is -2.32. The number of hydrogen-bond acceptors (Lipinski definition) is 3. The van der Waals surface area contributed by atoms with Gasteiger partial charge in [0.1, 0.15) is 5.78 Å². The highest BCUT2D eigenvalue weighted by molar-refractivity contribution is 5.78. The maximum Gasteiger partial charge on any atom is 0.134 e. The van der Waals surface area contributed by atoms with Gasteiger partial charge in [0.05, 0.1) is 0 Å². The Balaban J connectivity index is 1.26. The van der Waals surface area contributed by atoms with E-state index >= 15 is 0 Å². The molecule has 0 saturated carbocycles. The average molecular weight is 377 g/mol. The molecule has 2 heterocycles. The Labute approximate surface area is 169 Å². The quantitative estimate of drug-likeness (QED) is 0.763. The highest BCUT2D eigenvalue weighted by atomic mass is 16.1. The zero-order valence-corrected chi connectivity index (χ0v) is 17.0. The van der Waals surface area contributed by atoms with Crippen molar-refractivity contribution in [1.82, 2.24) is 10.2 Å². The van der Waals surface area contributed by atoms with Gasteiger partial charge in [-0.25, -0.2) is 0 Å². The van der Waals surface area contributed by atoms with Gasteiger partial charge in [-0.2, -0.15) is 0 Å². The van der Waals surface area contributed by atoms with E-state index in [-0.39, 0.29) is 5.78 Å². The van der Waals surface area contributed by atoms with Crippen molar-refractivity contribution in [2.45, 2.75) is 58.2 Å². The van der Waals surface area contributed by atoms with E-state index in [1.165, 1.54) is 55.5 Å². The molecule has 1 N–H and O–H groups in total. The molecule has 2 aromatic carbocycles. The number of Topliss-reactive ketones (excluding diaryl/α,β-unsaturated/α-hetero) is 1. The van der Waals surface area contributed by atoms with E-state index in [1.807, 2.05) is 0 Å². The van der Waals surface area contributed by atoms with Gasteiger partial charge in [0.15, 0.2) is 0 Å². The summed E-state index contributed by atoms with van der Waals surface area (Å²) in [7, 11) is 0. The predicted octanol–water partition coefficient (Wildman–Crippen LogP) is 4.65. The maximum atomic E-state index is 11.4. The number of piperidine rings is 1. The Morgan fingerprint density at radius 1 is 1.04 bits per heavy atom. The topological polar surface area (TPSA) is 32.3 Å². The second-order valence-corrected chi connectivity index (χ2v) is 8.63. The first kappa shape index (κ1) is 19.4. The highest BCUT2D eigenvalue weighted by Gasteiger charge is 2.25. The summed E-state index contributed by atoms with van der Waals surface area (Å²) in [4.78, 5) is 14.0. The summed E-state index contributed by atoms with van der Waals surface area (Å²) in [5.74, 6) is 1.09. The standard InChI is InChI=1S/C25H32N2O/c1-19(28)15-22-7-9-23-17-26-25(24(23)16-22)10-8-20-11-13-27(14-12-20)18-21-5-3-2-4-6-21/h2-7,9,16,20,25-26H,8,10-15,17-18H2,1H3. The van der Waals surface area contributed by atoms with Crippen molar-refractivity contribution in [3.63, 3.8) is 0 Å². The van der Waals surface area contributed by atoms with Crippen molar-refractivity contribution in [1.29, 1.82) is 0 Å². The molecular formula is C25H32N2O. The Kier molecular flexibility index (Phi) is 6.23. The van der Waals surface area contributed by atoms with Gasteiger partial charge in [0, 0.05) is 25.6 Å². The van der Waals surface area contributed by atoms with E-state index in [0.717, 1.165) is 24.6 Å². The molecule has 0 radical (unpaired) electrons. The lowest BCUT2D eigenvalue weighted by Crippen LogP contribution is -2.33. The molecule has 3 nitrogen and oxygen atoms in total. The van der Waals surface area contributed by atoms with Gasteiger partial charge >= 0.3 is 0 Å². The molecule has 148 valence electrons. The van der Waals surface area contributed by atoms with Gasteiger partial charge in [-0.05, 0) is 73.9 Å². The number of hydrogen-bond donors (Lipinski definition) is 1. The molecule has 0 amide bonds. The van der Waals surface area contributed by atoms with E-state index in [9.17, 15) is 4.79 Å². The molecule has 2 aliphatic heterocycles. The maximum absolute atomic E-state index is 11.4. The first-order chi connectivity index (χ1) is 13.7. The number of nitrogens with zero attached hydrogens (tertiary/aromatic N) is 1. The molecular weight excluding hydrogens is 344 g/mol. The number of nitrogens with one attached hydrogen (secondary N) is 1. The van der Waals surface area contributed by atoms with Crippen LogP contribution in [0, 0.1) is 5.92 Å². The van der Waals surface area contributed by atoms with Crippen LogP contribution in [0.4, 0.5) is 0 Å². The van der Waals surface area contributed by atoms with Gasteiger partial charge in [0.25, 0.3) is 0 Å². The van der Waals surface area contributed by atoms with Crippen LogP contribution < -0.4 is 5.32 Å². The fraction of sp³-hybridized carbons (Fsp3) is 0.480. The monoisotopic (exact) mass is 376 g/mol. The third-order valence-electron chi connectivity index (χ3n) is 6.40. The average Bonchev–Trinajstić information content (AvgIpc) is 3.10. The number of rotatable bonds is 7. The van der Waals surface area contributed by atoms with Gasteiger partial charge < -0.3 is 5.32 Å². The highest BCUT2D eigenvalue weighted by Crippen LogP contribution is 2.33. The molecule has 4 rings (SSSR count). The first-order valence-electron chi connectivity index (χ1n) is 10.8. The first-order valence-corrected chi connectivity index (χ1v) is 10.8. The van der Waals surface area contributed by atoms with Gasteiger partial charge in [0.2, 0.25) is 0 Å². The third-order valence-corrected chi connectivity index (χ3v) is 6.40. The number of carbonyl (C=O) groups is 1. The van der Waals surface area contributed by atoms with Crippen molar-refractivity contribution >= 4 is 5.78 Å². The van der Waals surface area contributed by atoms with Crippen LogP contribution in [0.3, 0.4) is 0 Å². The molecule has 28 heavy (non-hydrogen) atoms. The minimum atomic E-state index is 0.240. The SMILES string of the molecule is CC(=O)Cc1ccc2c(c1)C(CCC1CCN(Cc3ccccc3)CC1)NC2. The van der Waals surface area contributed by atoms with Gasteiger partial charge in [-0.1, -0.05) is 48.5 Å². The van der Waals surface area contributed by atoms with Crippen LogP contribution in [0.25, 0.3) is 0 Å². The molecule has 0 bridgehead atoms. The smallest absolute Gasteiger partial charge is 0.134 e. The van der Waals surface area contributed by atoms with Crippen LogP contribution in [-0.4, -0.2) is 23.8 Å². The second kappa shape index (κ2) is 9.02. The van der Waals surface area contributed by atoms with Crippen LogP contribution in [0.15, 0.2) is 48.5 Å². The number of carbonyl (C=O) groups excluding carboxylic acids is 1. The fourth-order valence-corrected chi connectivity index (χ4v) is 4.81. The summed E-state index contributed by atoms with van der Waals surface area (Å²) in [6.45, 7) is 6.17. The number of fused-ring (bicyclic) bond motifs is 1. The molecule has 0 aromatic heterocycles. The van der Waals surface area contributed by atoms with E-state index in [4.69, 9.17) is 0 Å². The number of benzene rings is 2. The molecule has 2 aliphatic rings. The minimum absolute atomic E-state index is 0.240. The van der Waals surface area contributed by atoms with E-state index in [0.29, 0.717) is 12.5 Å². The molecule has 1 unspecified atom stereocenters. The van der Waals surface area contributed by atoms with E-state index < -0.39 is 0 Å². The molecule has 1 fully saturated rings. The van der Waals surface area contributed by atoms with E-state index in [1.54, 1.807) is 6.92 Å². The van der Waals surface area contributed by atoms with Gasteiger partial charge in [-0.3, -0.25) is 9.69 Å². The summed E-state index contributed by atoms with van der Waals surface area (Å²) < 4.78 is 0. The van der Waals surface area contributed by atoms with Crippen LogP contribution in [0.5, 0.6) is 0 Å². The largest absolute Gasteiger partial charge is 0.306 e. The van der Waals surface area contributed by atoms with Crippen LogP contribution in [0.1, 0.15) is 60.9 Å². The minimum Gasteiger partial charge on any atom is -0.306 e. The molecule has 2 aromatic rings. The summed E-state index contributed by atoms with van der Waals surface area (Å²) in [6.07, 6.45) is 5.69. The second-order valence-electron chi connectivity index (χ2n) is 8.63. The molecule has 1 saturated heterocycles. The van der Waals surface area contributed by atoms with Crippen molar-refractivity contribution in [2.75, 3.05) is 13.1 Å². The lowest BCUT2D eigenvalue weighted by atomic mass is 9.88. The van der Waals surface area contributed by atoms with Crippen molar-refractivity contribution < 1.29 is 4.79 Å². The zero-order valence-electron chi connectivity index (χ0n) is 17.0. The Morgan fingerprint density at radius 3 is 2.57 bits per heavy atom. The molecule has 1 atom stereocenters. The Bertz CT molecular complexity index is 793. The molecule has 3 heteroatoms. The summed E-state index contributed by atoms with van der Waals surface area (Å²) in [6, 6.07) is 17.9. The lowest BCUT2D eigenvalue weighted by molar-refractivity contribution is -0.116. The van der Waals surface area contributed by atoms with Crippen LogP contribution in [0.2, 0.25) is 0 Å². The van der Waals surface area contributed by atoms with Gasteiger partial charge in [-0.15, -0.1) is 0 Å². The Morgan fingerprint density at radius 2 is 1.82 bits per heavy atom. The summed E-state index contributed by atoms with van der Waals surface area (Å²) in [5.41, 5.74) is 5.43. The van der Waals surface area contributed by atoms with E-state index in [2.05, 4.69) is 58.7 Å². The number of ketones is 1. The fourth-order valence-electron chi connectivity index (χ4n) is 4.81. The summed E-state index contributed by atoms with van der Waals surface area (Å²) in [5, 5.41) is 3.69. The number of likely N-dealkylation sites (tertiary alicyclic amines) is 1. The van der Waals surface area contributed by atoms with Crippen LogP contribution in [-0.2, 0) is 24.3 Å². The van der Waals surface area contributed by atoms with Crippen LogP contribution >= 0.6 is 0 Å².